The quantitative estimate of drug-likeness (QED) is 0.703. The fourth-order valence-corrected chi connectivity index (χ4v) is 3.28. The van der Waals surface area contributed by atoms with Gasteiger partial charge in [-0.05, 0) is 12.8 Å². The van der Waals surface area contributed by atoms with Gasteiger partial charge in [0.2, 0.25) is 0 Å². The molecule has 3 fully saturated rings. The van der Waals surface area contributed by atoms with Crippen LogP contribution in [0.1, 0.15) is 32.1 Å². The highest BCUT2D eigenvalue weighted by molar-refractivity contribution is 6.07. The van der Waals surface area contributed by atoms with Gasteiger partial charge in [0.25, 0.3) is 5.91 Å². The number of carbonyl (C=O) groups is 2. The van der Waals surface area contributed by atoms with Crippen LogP contribution in [0.15, 0.2) is 0 Å². The van der Waals surface area contributed by atoms with E-state index in [1.54, 1.807) is 0 Å². The van der Waals surface area contributed by atoms with Crippen molar-refractivity contribution in [1.82, 2.24) is 15.5 Å². The highest BCUT2D eigenvalue weighted by Crippen LogP contribution is 2.33. The van der Waals surface area contributed by atoms with Crippen molar-refractivity contribution in [1.29, 1.82) is 0 Å². The molecule has 2 heterocycles. The van der Waals surface area contributed by atoms with Gasteiger partial charge in [-0.2, -0.15) is 0 Å². The number of imide groups is 1. The first kappa shape index (κ1) is 12.9. The zero-order chi connectivity index (χ0) is 13.3. The van der Waals surface area contributed by atoms with Crippen molar-refractivity contribution in [3.63, 3.8) is 0 Å². The van der Waals surface area contributed by atoms with Crippen LogP contribution in [0.5, 0.6) is 0 Å². The Balaban J connectivity index is 1.68. The lowest BCUT2D eigenvalue weighted by atomic mass is 9.82. The van der Waals surface area contributed by atoms with Gasteiger partial charge in [-0.15, -0.1) is 0 Å². The molecular formula is C13H21N3O3. The summed E-state index contributed by atoms with van der Waals surface area (Å²) in [5.41, 5.74) is -0.614. The van der Waals surface area contributed by atoms with E-state index in [0.717, 1.165) is 38.6 Å². The standard InChI is InChI=1S/C13H21N3O3/c17-11-13(4-2-1-3-5-13)15-12(18)16(11)9-10-8-14-6-7-19-10/h10,14H,1-9H2,(H,15,18). The number of amides is 3. The minimum Gasteiger partial charge on any atom is -0.374 e. The normalized spacial score (nSPS) is 30.7. The molecule has 19 heavy (non-hydrogen) atoms. The Morgan fingerprint density at radius 3 is 2.74 bits per heavy atom. The monoisotopic (exact) mass is 267 g/mol. The number of hydrogen-bond acceptors (Lipinski definition) is 4. The Morgan fingerprint density at radius 2 is 2.05 bits per heavy atom. The maximum atomic E-state index is 12.5. The van der Waals surface area contributed by atoms with Gasteiger partial charge >= 0.3 is 6.03 Å². The van der Waals surface area contributed by atoms with E-state index in [-0.39, 0.29) is 18.0 Å². The minimum absolute atomic E-state index is 0.0497. The molecule has 0 radical (unpaired) electrons. The molecule has 2 N–H and O–H groups in total. The van der Waals surface area contributed by atoms with Crippen LogP contribution in [0.4, 0.5) is 4.79 Å². The summed E-state index contributed by atoms with van der Waals surface area (Å²) in [6.07, 6.45) is 4.65. The highest BCUT2D eigenvalue weighted by Gasteiger charge is 2.51. The summed E-state index contributed by atoms with van der Waals surface area (Å²) in [5.74, 6) is -0.0497. The minimum atomic E-state index is -0.614. The van der Waals surface area contributed by atoms with Gasteiger partial charge in [0.1, 0.15) is 5.54 Å². The SMILES string of the molecule is O=C1NC2(CCCCC2)C(=O)N1CC1CNCCO1. The lowest BCUT2D eigenvalue weighted by Gasteiger charge is -2.31. The molecule has 6 nitrogen and oxygen atoms in total. The van der Waals surface area contributed by atoms with Gasteiger partial charge in [0, 0.05) is 13.1 Å². The smallest absolute Gasteiger partial charge is 0.325 e. The Morgan fingerprint density at radius 1 is 1.26 bits per heavy atom. The molecule has 1 saturated carbocycles. The van der Waals surface area contributed by atoms with Crippen LogP contribution in [0, 0.1) is 0 Å². The molecule has 2 aliphatic heterocycles. The molecule has 0 aromatic heterocycles. The molecule has 0 bridgehead atoms. The Hall–Kier alpha value is -1.14. The molecule has 3 rings (SSSR count). The number of urea groups is 1. The number of ether oxygens (including phenoxy) is 1. The Labute approximate surface area is 112 Å². The number of carbonyl (C=O) groups excluding carboxylic acids is 2. The zero-order valence-electron chi connectivity index (χ0n) is 11.1. The molecular weight excluding hydrogens is 246 g/mol. The van der Waals surface area contributed by atoms with Crippen LogP contribution >= 0.6 is 0 Å². The van der Waals surface area contributed by atoms with E-state index < -0.39 is 5.54 Å². The molecule has 1 atom stereocenters. The highest BCUT2D eigenvalue weighted by atomic mass is 16.5. The van der Waals surface area contributed by atoms with Gasteiger partial charge in [-0.1, -0.05) is 19.3 Å². The third-order valence-electron chi connectivity index (χ3n) is 4.34. The average Bonchev–Trinajstić information content (AvgIpc) is 2.66. The molecule has 0 aromatic carbocycles. The van der Waals surface area contributed by atoms with E-state index >= 15 is 0 Å². The van der Waals surface area contributed by atoms with E-state index in [4.69, 9.17) is 4.74 Å². The van der Waals surface area contributed by atoms with Crippen molar-refractivity contribution in [2.24, 2.45) is 0 Å². The first-order valence-electron chi connectivity index (χ1n) is 7.18. The van der Waals surface area contributed by atoms with Gasteiger partial charge in [-0.3, -0.25) is 9.69 Å². The third-order valence-corrected chi connectivity index (χ3v) is 4.34. The number of nitrogens with zero attached hydrogens (tertiary/aromatic N) is 1. The van der Waals surface area contributed by atoms with E-state index in [9.17, 15) is 9.59 Å². The summed E-state index contributed by atoms with van der Waals surface area (Å²) < 4.78 is 5.58. The maximum absolute atomic E-state index is 12.5. The van der Waals surface area contributed by atoms with Crippen LogP contribution in [-0.2, 0) is 9.53 Å². The topological polar surface area (TPSA) is 70.7 Å². The Kier molecular flexibility index (Phi) is 3.45. The van der Waals surface area contributed by atoms with Crippen molar-refractivity contribution in [3.8, 4) is 0 Å². The lowest BCUT2D eigenvalue weighted by Crippen LogP contribution is -2.50. The van der Waals surface area contributed by atoms with Crippen molar-refractivity contribution >= 4 is 11.9 Å². The van der Waals surface area contributed by atoms with E-state index in [1.165, 1.54) is 4.90 Å². The summed E-state index contributed by atoms with van der Waals surface area (Å²) in [4.78, 5) is 25.9. The van der Waals surface area contributed by atoms with Gasteiger partial charge in [0.05, 0.1) is 19.3 Å². The van der Waals surface area contributed by atoms with E-state index in [1.807, 2.05) is 0 Å². The first-order valence-corrected chi connectivity index (χ1v) is 7.18. The molecule has 1 unspecified atom stereocenters. The van der Waals surface area contributed by atoms with Crippen LogP contribution < -0.4 is 10.6 Å². The maximum Gasteiger partial charge on any atom is 0.325 e. The lowest BCUT2D eigenvalue weighted by molar-refractivity contribution is -0.134. The predicted octanol–water partition coefficient (Wildman–Crippen LogP) is 0.229. The first-order chi connectivity index (χ1) is 9.21. The molecule has 3 aliphatic rings. The molecule has 1 spiro atoms. The third kappa shape index (κ3) is 2.34. The Bertz CT molecular complexity index is 373. The number of morpholine rings is 1. The zero-order valence-corrected chi connectivity index (χ0v) is 11.1. The van der Waals surface area contributed by atoms with Crippen molar-refractivity contribution in [2.45, 2.75) is 43.7 Å². The van der Waals surface area contributed by atoms with Crippen LogP contribution in [-0.4, -0.2) is 54.7 Å². The summed E-state index contributed by atoms with van der Waals surface area (Å²) in [5, 5.41) is 6.13. The molecule has 6 heteroatoms. The summed E-state index contributed by atoms with van der Waals surface area (Å²) in [7, 11) is 0. The van der Waals surface area contributed by atoms with Crippen LogP contribution in [0.2, 0.25) is 0 Å². The summed E-state index contributed by atoms with van der Waals surface area (Å²) in [6, 6.07) is -0.249. The summed E-state index contributed by atoms with van der Waals surface area (Å²) in [6.45, 7) is 2.53. The average molecular weight is 267 g/mol. The molecule has 3 amide bonds. The van der Waals surface area contributed by atoms with Crippen LogP contribution in [0.25, 0.3) is 0 Å². The van der Waals surface area contributed by atoms with Crippen molar-refractivity contribution < 1.29 is 14.3 Å². The molecule has 0 aromatic rings. The second-order valence-corrected chi connectivity index (χ2v) is 5.69. The van der Waals surface area contributed by atoms with Crippen molar-refractivity contribution in [3.05, 3.63) is 0 Å². The second kappa shape index (κ2) is 5.09. The van der Waals surface area contributed by atoms with Crippen molar-refractivity contribution in [2.75, 3.05) is 26.2 Å². The van der Waals surface area contributed by atoms with Gasteiger partial charge < -0.3 is 15.4 Å². The van der Waals surface area contributed by atoms with E-state index in [2.05, 4.69) is 10.6 Å². The van der Waals surface area contributed by atoms with E-state index in [0.29, 0.717) is 19.7 Å². The fraction of sp³-hybridized carbons (Fsp3) is 0.846. The molecule has 2 saturated heterocycles. The van der Waals surface area contributed by atoms with Gasteiger partial charge in [0.15, 0.2) is 0 Å². The number of rotatable bonds is 2. The molecule has 106 valence electrons. The largest absolute Gasteiger partial charge is 0.374 e. The summed E-state index contributed by atoms with van der Waals surface area (Å²) >= 11 is 0. The van der Waals surface area contributed by atoms with Gasteiger partial charge in [-0.25, -0.2) is 4.79 Å². The number of hydrogen-bond donors (Lipinski definition) is 2. The predicted molar refractivity (Wildman–Crippen MR) is 68.7 cm³/mol. The molecule has 1 aliphatic carbocycles. The number of nitrogens with one attached hydrogen (secondary N) is 2. The fourth-order valence-electron chi connectivity index (χ4n) is 3.28. The van der Waals surface area contributed by atoms with Crippen LogP contribution in [0.3, 0.4) is 0 Å². The second-order valence-electron chi connectivity index (χ2n) is 5.69.